The van der Waals surface area contributed by atoms with E-state index in [1.165, 1.54) is 56.9 Å². The summed E-state index contributed by atoms with van der Waals surface area (Å²) in [4.78, 5) is 9.48. The van der Waals surface area contributed by atoms with Gasteiger partial charge in [-0.05, 0) is 71.8 Å². The highest BCUT2D eigenvalue weighted by Crippen LogP contribution is 2.19. The van der Waals surface area contributed by atoms with Crippen LogP contribution in [0.1, 0.15) is 36.4 Å². The number of likely N-dealkylation sites (tertiary alicyclic amines) is 1. The first-order chi connectivity index (χ1) is 10.2. The van der Waals surface area contributed by atoms with Crippen molar-refractivity contribution in [2.75, 3.05) is 40.3 Å². The van der Waals surface area contributed by atoms with Crippen LogP contribution >= 0.6 is 22.9 Å². The summed E-state index contributed by atoms with van der Waals surface area (Å²) in [5.41, 5.74) is 1.03. The van der Waals surface area contributed by atoms with Crippen molar-refractivity contribution in [3.05, 3.63) is 16.1 Å². The fourth-order valence-electron chi connectivity index (χ4n) is 3.05. The van der Waals surface area contributed by atoms with Crippen LogP contribution < -0.4 is 0 Å². The van der Waals surface area contributed by atoms with Crippen LogP contribution in [0.15, 0.2) is 5.38 Å². The number of hydrogen-bond acceptors (Lipinski definition) is 4. The Kier molecular flexibility index (Phi) is 7.44. The number of unbranched alkanes of at least 4 members (excludes halogenated alkanes) is 1. The van der Waals surface area contributed by atoms with Crippen molar-refractivity contribution in [1.29, 1.82) is 0 Å². The van der Waals surface area contributed by atoms with E-state index in [2.05, 4.69) is 34.3 Å². The lowest BCUT2D eigenvalue weighted by Crippen LogP contribution is -2.37. The van der Waals surface area contributed by atoms with Crippen molar-refractivity contribution in [2.45, 2.75) is 38.0 Å². The Morgan fingerprint density at radius 3 is 2.71 bits per heavy atom. The van der Waals surface area contributed by atoms with Gasteiger partial charge in [-0.3, -0.25) is 0 Å². The number of aryl methyl sites for hydroxylation is 1. The van der Waals surface area contributed by atoms with Crippen LogP contribution in [-0.2, 0) is 12.3 Å². The predicted molar refractivity (Wildman–Crippen MR) is 92.3 cm³/mol. The lowest BCUT2D eigenvalue weighted by atomic mass is 9.96. The van der Waals surface area contributed by atoms with E-state index in [-0.39, 0.29) is 0 Å². The number of nitrogens with zero attached hydrogens (tertiary/aromatic N) is 3. The van der Waals surface area contributed by atoms with Gasteiger partial charge >= 0.3 is 0 Å². The maximum Gasteiger partial charge on any atom is 0.0928 e. The molecule has 120 valence electrons. The van der Waals surface area contributed by atoms with E-state index in [0.29, 0.717) is 5.88 Å². The molecule has 1 aromatic heterocycles. The molecule has 0 atom stereocenters. The van der Waals surface area contributed by atoms with Crippen molar-refractivity contribution in [3.8, 4) is 0 Å². The molecule has 3 nitrogen and oxygen atoms in total. The van der Waals surface area contributed by atoms with E-state index in [4.69, 9.17) is 11.6 Å². The second kappa shape index (κ2) is 9.09. The molecule has 0 bridgehead atoms. The summed E-state index contributed by atoms with van der Waals surface area (Å²) in [6, 6.07) is 0. The van der Waals surface area contributed by atoms with Crippen LogP contribution in [0.5, 0.6) is 0 Å². The maximum atomic E-state index is 5.78. The van der Waals surface area contributed by atoms with E-state index in [1.807, 2.05) is 0 Å². The zero-order chi connectivity index (χ0) is 15.1. The Morgan fingerprint density at radius 2 is 2.10 bits per heavy atom. The fourth-order valence-corrected chi connectivity index (χ4v) is 4.11. The molecule has 0 radical (unpaired) electrons. The molecule has 0 amide bonds. The highest BCUT2D eigenvalue weighted by atomic mass is 35.5. The number of halogens is 1. The van der Waals surface area contributed by atoms with E-state index in [9.17, 15) is 0 Å². The highest BCUT2D eigenvalue weighted by molar-refractivity contribution is 7.09. The van der Waals surface area contributed by atoms with Crippen LogP contribution in [0.3, 0.4) is 0 Å². The number of thiazole rings is 1. The monoisotopic (exact) mass is 329 g/mol. The van der Waals surface area contributed by atoms with Gasteiger partial charge < -0.3 is 9.80 Å². The Balaban J connectivity index is 1.55. The van der Waals surface area contributed by atoms with Gasteiger partial charge in [-0.2, -0.15) is 0 Å². The molecule has 0 aliphatic carbocycles. The number of hydrogen-bond donors (Lipinski definition) is 0. The molecule has 0 unspecified atom stereocenters. The number of piperidine rings is 1. The minimum Gasteiger partial charge on any atom is -0.309 e. The Hall–Kier alpha value is -0.160. The first-order valence-corrected chi connectivity index (χ1v) is 9.45. The van der Waals surface area contributed by atoms with E-state index < -0.39 is 0 Å². The quantitative estimate of drug-likeness (QED) is 0.537. The van der Waals surface area contributed by atoms with E-state index in [1.54, 1.807) is 11.3 Å². The minimum absolute atomic E-state index is 0.540. The summed E-state index contributed by atoms with van der Waals surface area (Å²) >= 11 is 7.53. The van der Waals surface area contributed by atoms with Gasteiger partial charge in [0.1, 0.15) is 0 Å². The largest absolute Gasteiger partial charge is 0.309 e. The van der Waals surface area contributed by atoms with Crippen LogP contribution in [0.4, 0.5) is 0 Å². The summed E-state index contributed by atoms with van der Waals surface area (Å²) in [5.74, 6) is 1.44. The average molecular weight is 330 g/mol. The van der Waals surface area contributed by atoms with Gasteiger partial charge in [0.15, 0.2) is 0 Å². The van der Waals surface area contributed by atoms with Crippen molar-refractivity contribution < 1.29 is 0 Å². The highest BCUT2D eigenvalue weighted by Gasteiger charge is 2.19. The van der Waals surface area contributed by atoms with Gasteiger partial charge in [-0.25, -0.2) is 4.98 Å². The summed E-state index contributed by atoms with van der Waals surface area (Å²) in [6.07, 6.45) is 6.37. The Bertz CT molecular complexity index is 400. The third-order valence-electron chi connectivity index (χ3n) is 4.18. The molecule has 5 heteroatoms. The molecule has 1 saturated heterocycles. The molecule has 0 aromatic carbocycles. The zero-order valence-electron chi connectivity index (χ0n) is 13.4. The van der Waals surface area contributed by atoms with Gasteiger partial charge in [-0.1, -0.05) is 0 Å². The predicted octanol–water partition coefficient (Wildman–Crippen LogP) is 3.48. The van der Waals surface area contributed by atoms with Gasteiger partial charge in [0.05, 0.1) is 16.6 Å². The maximum absolute atomic E-state index is 5.78. The molecule has 0 saturated carbocycles. The molecule has 1 aliphatic rings. The van der Waals surface area contributed by atoms with Gasteiger partial charge in [0.2, 0.25) is 0 Å². The Labute approximate surface area is 138 Å². The van der Waals surface area contributed by atoms with Gasteiger partial charge in [-0.15, -0.1) is 22.9 Å². The third-order valence-corrected chi connectivity index (χ3v) is 5.41. The standard InChI is InChI=1S/C16H28ClN3S/c1-19(2)12-14-6-9-20(10-7-14)8-4-3-5-16-18-15(11-17)13-21-16/h13-14H,3-12H2,1-2H3. The minimum atomic E-state index is 0.540. The average Bonchev–Trinajstić information content (AvgIpc) is 2.93. The summed E-state index contributed by atoms with van der Waals surface area (Å²) < 4.78 is 0. The summed E-state index contributed by atoms with van der Waals surface area (Å²) in [6.45, 7) is 5.07. The molecular weight excluding hydrogens is 302 g/mol. The molecule has 0 spiro atoms. The second-order valence-electron chi connectivity index (χ2n) is 6.37. The number of aromatic nitrogens is 1. The summed E-state index contributed by atoms with van der Waals surface area (Å²) in [5, 5.41) is 3.33. The fraction of sp³-hybridized carbons (Fsp3) is 0.812. The molecule has 1 aromatic rings. The zero-order valence-corrected chi connectivity index (χ0v) is 14.9. The molecule has 2 heterocycles. The van der Waals surface area contributed by atoms with E-state index in [0.717, 1.165) is 18.0 Å². The van der Waals surface area contributed by atoms with Crippen molar-refractivity contribution in [3.63, 3.8) is 0 Å². The lowest BCUT2D eigenvalue weighted by Gasteiger charge is -2.33. The van der Waals surface area contributed by atoms with Gasteiger partial charge in [0.25, 0.3) is 0 Å². The summed E-state index contributed by atoms with van der Waals surface area (Å²) in [7, 11) is 4.36. The van der Waals surface area contributed by atoms with Crippen molar-refractivity contribution in [1.82, 2.24) is 14.8 Å². The molecule has 2 rings (SSSR count). The SMILES string of the molecule is CN(C)CC1CCN(CCCCc2nc(CCl)cs2)CC1. The molecule has 21 heavy (non-hydrogen) atoms. The molecule has 0 N–H and O–H groups in total. The Morgan fingerprint density at radius 1 is 1.33 bits per heavy atom. The third kappa shape index (κ3) is 6.23. The van der Waals surface area contributed by atoms with E-state index >= 15 is 0 Å². The molecular formula is C16H28ClN3S. The molecule has 1 aliphatic heterocycles. The number of rotatable bonds is 8. The first kappa shape index (κ1) is 17.2. The van der Waals surface area contributed by atoms with Gasteiger partial charge in [0, 0.05) is 11.9 Å². The number of alkyl halides is 1. The molecule has 1 fully saturated rings. The lowest BCUT2D eigenvalue weighted by molar-refractivity contribution is 0.160. The van der Waals surface area contributed by atoms with Crippen molar-refractivity contribution in [2.24, 2.45) is 5.92 Å². The second-order valence-corrected chi connectivity index (χ2v) is 7.58. The van der Waals surface area contributed by atoms with Crippen LogP contribution in [0.2, 0.25) is 0 Å². The van der Waals surface area contributed by atoms with Crippen LogP contribution in [0.25, 0.3) is 0 Å². The normalized spacial score (nSPS) is 17.7. The smallest absolute Gasteiger partial charge is 0.0928 e. The topological polar surface area (TPSA) is 19.4 Å². The van der Waals surface area contributed by atoms with Crippen LogP contribution in [-0.4, -0.2) is 55.1 Å². The first-order valence-electron chi connectivity index (χ1n) is 8.03. The van der Waals surface area contributed by atoms with Crippen LogP contribution in [0, 0.1) is 5.92 Å². The van der Waals surface area contributed by atoms with Crippen molar-refractivity contribution >= 4 is 22.9 Å².